The summed E-state index contributed by atoms with van der Waals surface area (Å²) in [6, 6.07) is 14.1. The average Bonchev–Trinajstić information content (AvgIpc) is 2.64. The van der Waals surface area contributed by atoms with Crippen molar-refractivity contribution in [3.8, 4) is 0 Å². The molecule has 0 aliphatic rings. The zero-order chi connectivity index (χ0) is 20.0. The quantitative estimate of drug-likeness (QED) is 0.234. The van der Waals surface area contributed by atoms with Gasteiger partial charge in [0.15, 0.2) is 9.84 Å². The summed E-state index contributed by atoms with van der Waals surface area (Å²) < 4.78 is 28.1. The van der Waals surface area contributed by atoms with Crippen molar-refractivity contribution in [1.29, 1.82) is 0 Å². The van der Waals surface area contributed by atoms with E-state index in [1.807, 2.05) is 0 Å². The maximum Gasteiger partial charge on any atom is 0.338 e. The van der Waals surface area contributed by atoms with Crippen molar-refractivity contribution in [2.75, 3.05) is 20.0 Å². The van der Waals surface area contributed by atoms with E-state index in [1.54, 1.807) is 30.3 Å². The molecular formula is C18H17NO7S. The number of carbonyl (C=O) groups excluding carboxylic acids is 1. The number of nitrogens with zero attached hydrogens (tertiary/aromatic N) is 1. The first kappa shape index (κ1) is 20.1. The second-order valence-corrected chi connectivity index (χ2v) is 7.52. The largest absolute Gasteiger partial charge is 0.465 e. The Hall–Kier alpha value is -3.20. The Kier molecular flexibility index (Phi) is 6.30. The van der Waals surface area contributed by atoms with Gasteiger partial charge in [0.05, 0.1) is 17.6 Å². The van der Waals surface area contributed by atoms with E-state index in [-0.39, 0.29) is 16.0 Å². The van der Waals surface area contributed by atoms with Gasteiger partial charge < -0.3 is 9.57 Å². The number of hydrogen-bond donors (Lipinski definition) is 0. The zero-order valence-corrected chi connectivity index (χ0v) is 15.4. The molecule has 0 spiro atoms. The topological polar surface area (TPSA) is 113 Å². The first-order valence-corrected chi connectivity index (χ1v) is 9.58. The summed E-state index contributed by atoms with van der Waals surface area (Å²) in [6.45, 7) is -0.509. The molecule has 0 bridgehead atoms. The first-order chi connectivity index (χ1) is 12.7. The van der Waals surface area contributed by atoms with Crippen LogP contribution in [-0.4, -0.2) is 39.4 Å². The van der Waals surface area contributed by atoms with E-state index >= 15 is 0 Å². The van der Waals surface area contributed by atoms with Crippen LogP contribution in [0.5, 0.6) is 0 Å². The Morgan fingerprint density at radius 3 is 2.11 bits per heavy atom. The summed E-state index contributed by atoms with van der Waals surface area (Å²) in [5.41, 5.74) is 1.17. The molecule has 0 atom stereocenters. The van der Waals surface area contributed by atoms with Crippen molar-refractivity contribution in [2.45, 2.75) is 4.90 Å². The molecule has 0 amide bonds. The summed E-state index contributed by atoms with van der Waals surface area (Å²) in [5, 5.41) is 9.72. The van der Waals surface area contributed by atoms with Gasteiger partial charge in [-0.2, -0.15) is 0 Å². The van der Waals surface area contributed by atoms with E-state index in [0.717, 1.165) is 6.26 Å². The Labute approximate surface area is 156 Å². The number of hydrogen-bond acceptors (Lipinski definition) is 7. The highest BCUT2D eigenvalue weighted by molar-refractivity contribution is 7.90. The van der Waals surface area contributed by atoms with Gasteiger partial charge in [-0.3, -0.25) is 0 Å². The Balaban J connectivity index is 2.68. The minimum absolute atomic E-state index is 0.0834. The maximum atomic E-state index is 12.4. The molecule has 0 saturated carbocycles. The lowest BCUT2D eigenvalue weighted by Crippen LogP contribution is -2.12. The number of ether oxygens (including phenoxy) is 1. The van der Waals surface area contributed by atoms with Gasteiger partial charge in [-0.05, 0) is 28.8 Å². The van der Waals surface area contributed by atoms with E-state index < -0.39 is 27.5 Å². The van der Waals surface area contributed by atoms with E-state index in [2.05, 4.69) is 4.84 Å². The molecule has 0 N–H and O–H groups in total. The van der Waals surface area contributed by atoms with Gasteiger partial charge in [-0.1, -0.05) is 42.5 Å². The van der Waals surface area contributed by atoms with Gasteiger partial charge >= 0.3 is 5.97 Å². The van der Waals surface area contributed by atoms with E-state index in [0.29, 0.717) is 11.1 Å². The molecule has 27 heavy (non-hydrogen) atoms. The molecule has 0 aliphatic heterocycles. The molecule has 0 aromatic heterocycles. The van der Waals surface area contributed by atoms with Crippen LogP contribution in [-0.2, 0) is 24.2 Å². The van der Waals surface area contributed by atoms with Gasteiger partial charge in [0.2, 0.25) is 0 Å². The number of carbonyl (C=O) groups is 1. The summed E-state index contributed by atoms with van der Waals surface area (Å²) in [6.07, 6.45) is 1.07. The molecule has 0 saturated heterocycles. The Morgan fingerprint density at radius 2 is 1.63 bits per heavy atom. The van der Waals surface area contributed by atoms with E-state index in [4.69, 9.17) is 4.74 Å². The van der Waals surface area contributed by atoms with Crippen LogP contribution in [0.1, 0.15) is 11.1 Å². The van der Waals surface area contributed by atoms with E-state index in [1.165, 1.54) is 31.4 Å². The van der Waals surface area contributed by atoms with Gasteiger partial charge in [0.25, 0.3) is 5.09 Å². The van der Waals surface area contributed by atoms with Crippen LogP contribution in [0.4, 0.5) is 0 Å². The minimum atomic E-state index is -3.41. The molecule has 2 aromatic carbocycles. The standard InChI is InChI=1S/C18H17NO7S/c1-25-18(20)17(14-6-4-3-5-7-14)16(12-26-19(21)22)13-8-10-15(11-9-13)27(2,23)24/h3-11H,12H2,1-2H3/b17-16+. The average molecular weight is 391 g/mol. The third-order valence-corrected chi connectivity index (χ3v) is 4.83. The number of methoxy groups -OCH3 is 1. The highest BCUT2D eigenvalue weighted by Gasteiger charge is 2.21. The van der Waals surface area contributed by atoms with Gasteiger partial charge in [-0.15, -0.1) is 10.1 Å². The lowest BCUT2D eigenvalue weighted by atomic mass is 9.95. The smallest absolute Gasteiger partial charge is 0.338 e. The number of benzene rings is 2. The second kappa shape index (κ2) is 8.45. The van der Waals surface area contributed by atoms with Crippen LogP contribution in [0, 0.1) is 10.1 Å². The minimum Gasteiger partial charge on any atom is -0.465 e. The van der Waals surface area contributed by atoms with Crippen molar-refractivity contribution in [3.05, 3.63) is 75.8 Å². The Bertz CT molecular complexity index is 965. The van der Waals surface area contributed by atoms with Gasteiger partial charge in [0.1, 0.15) is 6.61 Å². The van der Waals surface area contributed by atoms with Crippen LogP contribution in [0.15, 0.2) is 59.5 Å². The highest BCUT2D eigenvalue weighted by Crippen LogP contribution is 2.29. The van der Waals surface area contributed by atoms with Crippen LogP contribution in [0.2, 0.25) is 0 Å². The highest BCUT2D eigenvalue weighted by atomic mass is 32.2. The lowest BCUT2D eigenvalue weighted by Gasteiger charge is -2.14. The molecule has 9 heteroatoms. The number of sulfone groups is 1. The first-order valence-electron chi connectivity index (χ1n) is 7.68. The molecule has 0 aliphatic carbocycles. The maximum absolute atomic E-state index is 12.4. The van der Waals surface area contributed by atoms with Crippen molar-refractivity contribution in [3.63, 3.8) is 0 Å². The molecular weight excluding hydrogens is 374 g/mol. The molecule has 2 rings (SSSR count). The fourth-order valence-corrected chi connectivity index (χ4v) is 3.07. The van der Waals surface area contributed by atoms with Crippen LogP contribution >= 0.6 is 0 Å². The van der Waals surface area contributed by atoms with Crippen molar-refractivity contribution < 1.29 is 27.9 Å². The molecule has 0 heterocycles. The number of esters is 1. The molecule has 142 valence electrons. The summed E-state index contributed by atoms with van der Waals surface area (Å²) >= 11 is 0. The van der Waals surface area contributed by atoms with Crippen LogP contribution < -0.4 is 0 Å². The monoisotopic (exact) mass is 391 g/mol. The predicted octanol–water partition coefficient (Wildman–Crippen LogP) is 2.38. The van der Waals surface area contributed by atoms with Crippen molar-refractivity contribution in [2.24, 2.45) is 0 Å². The fourth-order valence-electron chi connectivity index (χ4n) is 2.44. The summed E-state index contributed by atoms with van der Waals surface area (Å²) in [4.78, 5) is 27.7. The van der Waals surface area contributed by atoms with Gasteiger partial charge in [0, 0.05) is 6.26 Å². The van der Waals surface area contributed by atoms with E-state index in [9.17, 15) is 23.3 Å². The second-order valence-electron chi connectivity index (χ2n) is 5.50. The van der Waals surface area contributed by atoms with Crippen LogP contribution in [0.25, 0.3) is 11.1 Å². The third-order valence-electron chi connectivity index (χ3n) is 3.70. The lowest BCUT2D eigenvalue weighted by molar-refractivity contribution is -0.754. The van der Waals surface area contributed by atoms with Crippen molar-refractivity contribution in [1.82, 2.24) is 0 Å². The predicted molar refractivity (Wildman–Crippen MR) is 97.8 cm³/mol. The Morgan fingerprint density at radius 1 is 1.04 bits per heavy atom. The SMILES string of the molecule is COC(=O)/C(=C(\CO[N+](=O)[O-])c1ccc(S(C)(=O)=O)cc1)c1ccccc1. The molecule has 0 fully saturated rings. The third kappa shape index (κ3) is 5.14. The fraction of sp³-hybridized carbons (Fsp3) is 0.167. The van der Waals surface area contributed by atoms with Crippen molar-refractivity contribution >= 4 is 27.0 Å². The summed E-state index contributed by atoms with van der Waals surface area (Å²) in [5.74, 6) is -0.699. The molecule has 2 aromatic rings. The molecule has 8 nitrogen and oxygen atoms in total. The molecule has 0 radical (unpaired) electrons. The normalized spacial score (nSPS) is 12.1. The number of rotatable bonds is 7. The molecule has 0 unspecified atom stereocenters. The van der Waals surface area contributed by atoms with Gasteiger partial charge in [-0.25, -0.2) is 13.2 Å². The zero-order valence-electron chi connectivity index (χ0n) is 14.6. The summed E-state index contributed by atoms with van der Waals surface area (Å²) in [7, 11) is -2.21. The van der Waals surface area contributed by atoms with Crippen LogP contribution in [0.3, 0.4) is 0 Å².